The molecule has 24 heavy (non-hydrogen) atoms. The topological polar surface area (TPSA) is 90.0 Å². The Balaban J connectivity index is 1.41. The zero-order chi connectivity index (χ0) is 16.9. The number of amides is 3. The zero-order valence-electron chi connectivity index (χ0n) is 13.9. The summed E-state index contributed by atoms with van der Waals surface area (Å²) in [7, 11) is 0. The molecule has 4 aliphatic rings. The van der Waals surface area contributed by atoms with Gasteiger partial charge in [-0.2, -0.15) is 0 Å². The predicted molar refractivity (Wildman–Crippen MR) is 85.3 cm³/mol. The molecule has 7 heteroatoms. The minimum Gasteiger partial charge on any atom is -0.481 e. The van der Waals surface area contributed by atoms with Gasteiger partial charge in [0.05, 0.1) is 5.41 Å². The quantitative estimate of drug-likeness (QED) is 0.789. The second kappa shape index (κ2) is 5.63. The number of piperidine rings is 1. The fourth-order valence-corrected chi connectivity index (χ4v) is 5.26. The molecule has 4 atom stereocenters. The lowest BCUT2D eigenvalue weighted by molar-refractivity contribution is -0.149. The molecule has 3 heterocycles. The van der Waals surface area contributed by atoms with Gasteiger partial charge in [0.2, 0.25) is 5.91 Å². The standard InChI is InChI=1S/C17H25N3O4/c21-14-13(8-12-5-1-2-7-20(12)14)18-16(24)19-9-11-4-3-6-17(11,10-19)15(22)23/h11-13H,1-10H2,(H,18,24)(H,22,23)/t11-,12?,13?,17+/m0/s1. The van der Waals surface area contributed by atoms with E-state index in [2.05, 4.69) is 5.32 Å². The van der Waals surface area contributed by atoms with Gasteiger partial charge in [0.25, 0.3) is 0 Å². The summed E-state index contributed by atoms with van der Waals surface area (Å²) in [5.74, 6) is -0.707. The molecule has 3 amide bonds. The average molecular weight is 335 g/mol. The van der Waals surface area contributed by atoms with Crippen molar-refractivity contribution in [3.05, 3.63) is 0 Å². The second-order valence-corrected chi connectivity index (χ2v) is 7.85. The van der Waals surface area contributed by atoms with Crippen LogP contribution in [0.2, 0.25) is 0 Å². The molecule has 2 N–H and O–H groups in total. The lowest BCUT2D eigenvalue weighted by Crippen LogP contribution is -2.48. The fraction of sp³-hybridized carbons (Fsp3) is 0.824. The SMILES string of the molecule is O=C(NC1CC2CCCCN2C1=O)N1C[C@@H]2CCC[C@@]2(C(=O)O)C1. The van der Waals surface area contributed by atoms with E-state index in [1.807, 2.05) is 4.90 Å². The van der Waals surface area contributed by atoms with Crippen LogP contribution in [-0.2, 0) is 9.59 Å². The van der Waals surface area contributed by atoms with Crippen LogP contribution in [-0.4, -0.2) is 64.5 Å². The first-order valence-electron chi connectivity index (χ1n) is 9.10. The molecular weight excluding hydrogens is 310 g/mol. The lowest BCUT2D eigenvalue weighted by Gasteiger charge is -2.29. The van der Waals surface area contributed by atoms with Crippen LogP contribution in [0.3, 0.4) is 0 Å². The maximum Gasteiger partial charge on any atom is 0.318 e. The molecule has 1 saturated carbocycles. The minimum atomic E-state index is -0.783. The summed E-state index contributed by atoms with van der Waals surface area (Å²) in [5.41, 5.74) is -0.769. The third-order valence-electron chi connectivity index (χ3n) is 6.60. The molecule has 1 aliphatic carbocycles. The summed E-state index contributed by atoms with van der Waals surface area (Å²) in [4.78, 5) is 40.3. The Hall–Kier alpha value is -1.79. The van der Waals surface area contributed by atoms with Gasteiger partial charge in [-0.3, -0.25) is 9.59 Å². The maximum atomic E-state index is 12.6. The van der Waals surface area contributed by atoms with Crippen molar-refractivity contribution in [3.8, 4) is 0 Å². The molecule has 4 fully saturated rings. The van der Waals surface area contributed by atoms with Gasteiger partial charge in [0, 0.05) is 25.7 Å². The Morgan fingerprint density at radius 2 is 2.04 bits per heavy atom. The highest BCUT2D eigenvalue weighted by atomic mass is 16.4. The number of carboxylic acid groups (broad SMARTS) is 1. The number of carbonyl (C=O) groups is 3. The average Bonchev–Trinajstić information content (AvgIpc) is 3.19. The zero-order valence-corrected chi connectivity index (χ0v) is 13.9. The number of nitrogens with zero attached hydrogens (tertiary/aromatic N) is 2. The first kappa shape index (κ1) is 15.7. The molecule has 0 spiro atoms. The number of fused-ring (bicyclic) bond motifs is 2. The Morgan fingerprint density at radius 3 is 2.75 bits per heavy atom. The highest BCUT2D eigenvalue weighted by molar-refractivity contribution is 5.89. The van der Waals surface area contributed by atoms with E-state index < -0.39 is 17.4 Å². The van der Waals surface area contributed by atoms with Crippen molar-refractivity contribution in [1.29, 1.82) is 0 Å². The van der Waals surface area contributed by atoms with Crippen LogP contribution in [0, 0.1) is 11.3 Å². The number of likely N-dealkylation sites (tertiary alicyclic amines) is 1. The molecule has 0 aromatic heterocycles. The van der Waals surface area contributed by atoms with Gasteiger partial charge in [0.15, 0.2) is 0 Å². The molecule has 132 valence electrons. The van der Waals surface area contributed by atoms with E-state index in [0.29, 0.717) is 19.4 Å². The Kier molecular flexibility index (Phi) is 3.69. The summed E-state index contributed by atoms with van der Waals surface area (Å²) in [6.45, 7) is 1.56. The van der Waals surface area contributed by atoms with Crippen molar-refractivity contribution in [2.45, 2.75) is 57.0 Å². The number of hydrogen-bond acceptors (Lipinski definition) is 3. The minimum absolute atomic E-state index is 0.0281. The molecule has 0 aromatic rings. The molecular formula is C17H25N3O4. The normalized spacial score (nSPS) is 38.2. The number of nitrogens with one attached hydrogen (secondary N) is 1. The van der Waals surface area contributed by atoms with Crippen LogP contribution in [0.25, 0.3) is 0 Å². The van der Waals surface area contributed by atoms with Crippen LogP contribution < -0.4 is 5.32 Å². The number of carboxylic acids is 1. The Labute approximate surface area is 141 Å². The van der Waals surface area contributed by atoms with E-state index in [4.69, 9.17) is 0 Å². The van der Waals surface area contributed by atoms with Crippen LogP contribution >= 0.6 is 0 Å². The molecule has 7 nitrogen and oxygen atoms in total. The maximum absolute atomic E-state index is 12.6. The summed E-state index contributed by atoms with van der Waals surface area (Å²) >= 11 is 0. The first-order valence-corrected chi connectivity index (χ1v) is 9.10. The molecule has 3 aliphatic heterocycles. The van der Waals surface area contributed by atoms with Crippen LogP contribution in [0.15, 0.2) is 0 Å². The fourth-order valence-electron chi connectivity index (χ4n) is 5.26. The molecule has 0 radical (unpaired) electrons. The van der Waals surface area contributed by atoms with Crippen molar-refractivity contribution in [2.24, 2.45) is 11.3 Å². The third-order valence-corrected chi connectivity index (χ3v) is 6.60. The summed E-state index contributed by atoms with van der Waals surface area (Å²) < 4.78 is 0. The summed E-state index contributed by atoms with van der Waals surface area (Å²) in [6, 6.07) is -0.454. The molecule has 3 saturated heterocycles. The van der Waals surface area contributed by atoms with E-state index in [-0.39, 0.29) is 30.4 Å². The van der Waals surface area contributed by atoms with E-state index in [1.54, 1.807) is 4.90 Å². The Morgan fingerprint density at radius 1 is 1.21 bits per heavy atom. The first-order chi connectivity index (χ1) is 11.5. The predicted octanol–water partition coefficient (Wildman–Crippen LogP) is 1.04. The number of aliphatic carboxylic acids is 1. The molecule has 0 aromatic carbocycles. The van der Waals surface area contributed by atoms with Gasteiger partial charge in [-0.1, -0.05) is 6.42 Å². The van der Waals surface area contributed by atoms with Crippen LogP contribution in [0.4, 0.5) is 4.79 Å². The monoisotopic (exact) mass is 335 g/mol. The third kappa shape index (κ3) is 2.28. The van der Waals surface area contributed by atoms with E-state index in [9.17, 15) is 19.5 Å². The lowest BCUT2D eigenvalue weighted by atomic mass is 9.81. The number of urea groups is 1. The van der Waals surface area contributed by atoms with E-state index >= 15 is 0 Å². The van der Waals surface area contributed by atoms with Gasteiger partial charge >= 0.3 is 12.0 Å². The highest BCUT2D eigenvalue weighted by Gasteiger charge is 2.56. The van der Waals surface area contributed by atoms with Gasteiger partial charge in [-0.05, 0) is 44.4 Å². The smallest absolute Gasteiger partial charge is 0.318 e. The van der Waals surface area contributed by atoms with Gasteiger partial charge < -0.3 is 20.2 Å². The number of rotatable bonds is 2. The van der Waals surface area contributed by atoms with Crippen molar-refractivity contribution >= 4 is 17.9 Å². The van der Waals surface area contributed by atoms with Crippen LogP contribution in [0.5, 0.6) is 0 Å². The summed E-state index contributed by atoms with van der Waals surface area (Å²) in [5, 5.41) is 12.5. The van der Waals surface area contributed by atoms with Crippen molar-refractivity contribution in [3.63, 3.8) is 0 Å². The number of hydrogen-bond donors (Lipinski definition) is 2. The van der Waals surface area contributed by atoms with E-state index in [1.165, 1.54) is 0 Å². The molecule has 2 unspecified atom stereocenters. The Bertz CT molecular complexity index is 580. The van der Waals surface area contributed by atoms with Gasteiger partial charge in [-0.25, -0.2) is 4.79 Å². The second-order valence-electron chi connectivity index (χ2n) is 7.85. The van der Waals surface area contributed by atoms with Crippen molar-refractivity contribution < 1.29 is 19.5 Å². The molecule has 4 rings (SSSR count). The largest absolute Gasteiger partial charge is 0.481 e. The summed E-state index contributed by atoms with van der Waals surface area (Å²) in [6.07, 6.45) is 6.33. The molecule has 0 bridgehead atoms. The van der Waals surface area contributed by atoms with Gasteiger partial charge in [0.1, 0.15) is 6.04 Å². The van der Waals surface area contributed by atoms with Gasteiger partial charge in [-0.15, -0.1) is 0 Å². The van der Waals surface area contributed by atoms with E-state index in [0.717, 1.165) is 38.6 Å². The van der Waals surface area contributed by atoms with Crippen molar-refractivity contribution in [2.75, 3.05) is 19.6 Å². The van der Waals surface area contributed by atoms with Crippen LogP contribution in [0.1, 0.15) is 44.9 Å². The highest BCUT2D eigenvalue weighted by Crippen LogP contribution is 2.48. The van der Waals surface area contributed by atoms with Crippen molar-refractivity contribution in [1.82, 2.24) is 15.1 Å². The number of carbonyl (C=O) groups excluding carboxylic acids is 2.